The van der Waals surface area contributed by atoms with E-state index in [4.69, 9.17) is 26.8 Å². The van der Waals surface area contributed by atoms with Crippen LogP contribution in [0, 0.1) is 0 Å². The van der Waals surface area contributed by atoms with Crippen molar-refractivity contribution >= 4 is 18.7 Å². The summed E-state index contributed by atoms with van der Waals surface area (Å²) in [7, 11) is 0. The molecule has 0 radical (unpaired) electrons. The van der Waals surface area contributed by atoms with Crippen LogP contribution in [0.5, 0.6) is 0 Å². The van der Waals surface area contributed by atoms with Gasteiger partial charge in [0.05, 0.1) is 24.8 Å². The number of nitrogens with two attached hydrogens (primary N) is 2. The third-order valence-electron chi connectivity index (χ3n) is 1.58. The molecule has 0 aromatic heterocycles. The van der Waals surface area contributed by atoms with E-state index in [9.17, 15) is 4.79 Å². The van der Waals surface area contributed by atoms with Gasteiger partial charge in [-0.2, -0.15) is 0 Å². The molecule has 0 bridgehead atoms. The first-order valence-corrected chi connectivity index (χ1v) is 3.48. The van der Waals surface area contributed by atoms with Crippen molar-refractivity contribution in [3.05, 3.63) is 0 Å². The summed E-state index contributed by atoms with van der Waals surface area (Å²) in [6, 6.07) is -2.11. The van der Waals surface area contributed by atoms with E-state index < -0.39 is 30.9 Å². The van der Waals surface area contributed by atoms with Crippen molar-refractivity contribution in [2.24, 2.45) is 11.5 Å². The molecule has 0 saturated heterocycles. The number of halogens is 1. The molecular formula is C6H15ClN2O4. The topological polar surface area (TPSA) is 130 Å². The quantitative estimate of drug-likeness (QED) is 0.310. The monoisotopic (exact) mass is 214 g/mol. The number of aliphatic hydroxyl groups excluding tert-OH is 3. The van der Waals surface area contributed by atoms with Crippen LogP contribution in [0.4, 0.5) is 0 Å². The van der Waals surface area contributed by atoms with E-state index >= 15 is 0 Å². The summed E-state index contributed by atoms with van der Waals surface area (Å²) in [5.41, 5.74) is 10.4. The second-order valence-corrected chi connectivity index (χ2v) is 2.53. The third-order valence-corrected chi connectivity index (χ3v) is 1.58. The standard InChI is InChI=1S/C6H14N2O4.ClH/c7-3(1-9)5(8)6(12)4(11)2-10;/h1,3-6,10-12H,2,7-8H2;1H/t3-,4+,5+,6+;/m0./s1. The zero-order valence-electron chi connectivity index (χ0n) is 6.91. The predicted molar refractivity (Wildman–Crippen MR) is 48.4 cm³/mol. The molecule has 0 aromatic rings. The van der Waals surface area contributed by atoms with Crippen molar-refractivity contribution in [2.45, 2.75) is 24.3 Å². The van der Waals surface area contributed by atoms with E-state index in [0.29, 0.717) is 6.29 Å². The van der Waals surface area contributed by atoms with Gasteiger partial charge in [-0.05, 0) is 0 Å². The Bertz CT molecular complexity index is 149. The lowest BCUT2D eigenvalue weighted by Crippen LogP contribution is -2.55. The zero-order chi connectivity index (χ0) is 9.72. The summed E-state index contributed by atoms with van der Waals surface area (Å²) >= 11 is 0. The maximum atomic E-state index is 10.1. The Morgan fingerprint density at radius 1 is 1.31 bits per heavy atom. The lowest BCUT2D eigenvalue weighted by atomic mass is 10.0. The van der Waals surface area contributed by atoms with Crippen LogP contribution in [0.15, 0.2) is 0 Å². The van der Waals surface area contributed by atoms with Crippen molar-refractivity contribution in [3.63, 3.8) is 0 Å². The Labute approximate surface area is 81.9 Å². The second-order valence-electron chi connectivity index (χ2n) is 2.53. The molecule has 0 aromatic carbocycles. The molecule has 0 unspecified atom stereocenters. The van der Waals surface area contributed by atoms with Gasteiger partial charge in [-0.3, -0.25) is 0 Å². The first-order valence-electron chi connectivity index (χ1n) is 3.48. The number of hydrogen-bond donors (Lipinski definition) is 5. The number of aldehydes is 1. The summed E-state index contributed by atoms with van der Waals surface area (Å²) in [5, 5.41) is 26.4. The van der Waals surface area contributed by atoms with Gasteiger partial charge in [0.2, 0.25) is 0 Å². The van der Waals surface area contributed by atoms with E-state index in [1.165, 1.54) is 0 Å². The summed E-state index contributed by atoms with van der Waals surface area (Å²) < 4.78 is 0. The highest BCUT2D eigenvalue weighted by molar-refractivity contribution is 5.85. The van der Waals surface area contributed by atoms with Crippen molar-refractivity contribution < 1.29 is 20.1 Å². The lowest BCUT2D eigenvalue weighted by molar-refractivity contribution is -0.110. The highest BCUT2D eigenvalue weighted by Gasteiger charge is 2.27. The summed E-state index contributed by atoms with van der Waals surface area (Å²) in [5.74, 6) is 0. The SMILES string of the molecule is Cl.N[C@@H]([C@H](O)[C@H](O)CO)[C@@H](N)C=O. The van der Waals surface area contributed by atoms with Gasteiger partial charge in [-0.15, -0.1) is 12.4 Å². The third kappa shape index (κ3) is 4.51. The maximum absolute atomic E-state index is 10.1. The van der Waals surface area contributed by atoms with Crippen molar-refractivity contribution in [3.8, 4) is 0 Å². The smallest absolute Gasteiger partial charge is 0.138 e. The van der Waals surface area contributed by atoms with Crippen LogP contribution in [0.2, 0.25) is 0 Å². The van der Waals surface area contributed by atoms with Crippen LogP contribution < -0.4 is 11.5 Å². The lowest BCUT2D eigenvalue weighted by Gasteiger charge is -2.24. The fourth-order valence-corrected chi connectivity index (χ4v) is 0.683. The molecule has 0 heterocycles. The van der Waals surface area contributed by atoms with Gasteiger partial charge in [-0.25, -0.2) is 0 Å². The summed E-state index contributed by atoms with van der Waals surface area (Å²) in [4.78, 5) is 10.1. The molecular weight excluding hydrogens is 200 g/mol. The maximum Gasteiger partial charge on any atom is 0.138 e. The minimum absolute atomic E-state index is 0. The number of aliphatic hydroxyl groups is 3. The Morgan fingerprint density at radius 2 is 1.77 bits per heavy atom. The molecule has 0 aliphatic carbocycles. The van der Waals surface area contributed by atoms with Gasteiger partial charge >= 0.3 is 0 Å². The first kappa shape index (κ1) is 15.2. The molecule has 13 heavy (non-hydrogen) atoms. The van der Waals surface area contributed by atoms with Crippen molar-refractivity contribution in [1.29, 1.82) is 0 Å². The normalized spacial score (nSPS) is 19.5. The van der Waals surface area contributed by atoms with Crippen LogP contribution in [0.25, 0.3) is 0 Å². The van der Waals surface area contributed by atoms with Crippen LogP contribution in [0.3, 0.4) is 0 Å². The van der Waals surface area contributed by atoms with Crippen LogP contribution in [0.1, 0.15) is 0 Å². The van der Waals surface area contributed by atoms with E-state index in [2.05, 4.69) is 0 Å². The highest BCUT2D eigenvalue weighted by Crippen LogP contribution is 1.99. The molecule has 0 aliphatic heterocycles. The number of carbonyl (C=O) groups is 1. The molecule has 0 saturated carbocycles. The molecule has 0 amide bonds. The molecule has 0 fully saturated rings. The van der Waals surface area contributed by atoms with Gasteiger partial charge in [0.1, 0.15) is 12.4 Å². The first-order chi connectivity index (χ1) is 5.54. The van der Waals surface area contributed by atoms with Gasteiger partial charge in [0.25, 0.3) is 0 Å². The predicted octanol–water partition coefficient (Wildman–Crippen LogP) is -3.02. The van der Waals surface area contributed by atoms with Gasteiger partial charge in [0.15, 0.2) is 0 Å². The molecule has 6 nitrogen and oxygen atoms in total. The summed E-state index contributed by atoms with van der Waals surface area (Å²) in [6.07, 6.45) is -2.39. The zero-order valence-corrected chi connectivity index (χ0v) is 7.72. The van der Waals surface area contributed by atoms with Crippen LogP contribution in [-0.2, 0) is 4.79 Å². The highest BCUT2D eigenvalue weighted by atomic mass is 35.5. The average Bonchev–Trinajstić information content (AvgIpc) is 2.12. The van der Waals surface area contributed by atoms with Gasteiger partial charge < -0.3 is 31.6 Å². The largest absolute Gasteiger partial charge is 0.394 e. The molecule has 4 atom stereocenters. The van der Waals surface area contributed by atoms with Gasteiger partial charge in [-0.1, -0.05) is 0 Å². The Balaban J connectivity index is 0. The number of rotatable bonds is 5. The van der Waals surface area contributed by atoms with E-state index in [-0.39, 0.29) is 12.4 Å². The molecule has 80 valence electrons. The molecule has 7 heteroatoms. The minimum atomic E-state index is -1.39. The van der Waals surface area contributed by atoms with Crippen LogP contribution >= 0.6 is 12.4 Å². The minimum Gasteiger partial charge on any atom is -0.394 e. The van der Waals surface area contributed by atoms with Crippen molar-refractivity contribution in [1.82, 2.24) is 0 Å². The van der Waals surface area contributed by atoms with E-state index in [1.807, 2.05) is 0 Å². The fraction of sp³-hybridized carbons (Fsp3) is 0.833. The Kier molecular flexibility index (Phi) is 8.43. The van der Waals surface area contributed by atoms with Gasteiger partial charge in [0, 0.05) is 0 Å². The van der Waals surface area contributed by atoms with Crippen molar-refractivity contribution in [2.75, 3.05) is 6.61 Å². The second kappa shape index (κ2) is 7.19. The van der Waals surface area contributed by atoms with E-state index in [0.717, 1.165) is 0 Å². The van der Waals surface area contributed by atoms with E-state index in [1.54, 1.807) is 0 Å². The molecule has 0 rings (SSSR count). The van der Waals surface area contributed by atoms with Crippen LogP contribution in [-0.4, -0.2) is 52.5 Å². The average molecular weight is 215 g/mol. The summed E-state index contributed by atoms with van der Waals surface area (Å²) in [6.45, 7) is -0.625. The molecule has 0 spiro atoms. The molecule has 0 aliphatic rings. The Hall–Kier alpha value is -0.240. The Morgan fingerprint density at radius 3 is 2.08 bits per heavy atom. The number of carbonyl (C=O) groups excluding carboxylic acids is 1. The fourth-order valence-electron chi connectivity index (χ4n) is 0.683. The number of hydrogen-bond acceptors (Lipinski definition) is 6. The molecule has 7 N–H and O–H groups in total.